The zero-order chi connectivity index (χ0) is 24.5. The highest BCUT2D eigenvalue weighted by molar-refractivity contribution is 9.10. The van der Waals surface area contributed by atoms with Gasteiger partial charge in [0, 0.05) is 41.8 Å². The van der Waals surface area contributed by atoms with Crippen molar-refractivity contribution in [1.82, 2.24) is 18.9 Å². The van der Waals surface area contributed by atoms with Gasteiger partial charge in [-0.15, -0.1) is 0 Å². The first kappa shape index (κ1) is 25.2. The Kier molecular flexibility index (Phi) is 7.71. The van der Waals surface area contributed by atoms with E-state index in [1.54, 1.807) is 16.8 Å². The summed E-state index contributed by atoms with van der Waals surface area (Å²) in [5.74, 6) is 0.703. The lowest BCUT2D eigenvalue weighted by atomic mass is 10.1. The van der Waals surface area contributed by atoms with Crippen molar-refractivity contribution in [2.75, 3.05) is 25.5 Å². The molecule has 0 aliphatic heterocycles. The SMILES string of the molecule is CN(CCCNc1cc(-c2ccccc2Cl)nc2c(Br)cnn12)S(=O)(=O)c1cc(Cl)ccc1Cl. The van der Waals surface area contributed by atoms with E-state index < -0.39 is 10.0 Å². The van der Waals surface area contributed by atoms with E-state index in [0.29, 0.717) is 40.2 Å². The third kappa shape index (κ3) is 5.19. The summed E-state index contributed by atoms with van der Waals surface area (Å²) in [5.41, 5.74) is 2.12. The van der Waals surface area contributed by atoms with Crippen LogP contribution >= 0.6 is 50.7 Å². The van der Waals surface area contributed by atoms with Crippen molar-refractivity contribution in [3.63, 3.8) is 0 Å². The molecular weight excluding hydrogens is 585 g/mol. The van der Waals surface area contributed by atoms with Gasteiger partial charge in [0.2, 0.25) is 10.0 Å². The van der Waals surface area contributed by atoms with Crippen molar-refractivity contribution in [3.8, 4) is 11.3 Å². The van der Waals surface area contributed by atoms with E-state index in [-0.39, 0.29) is 16.5 Å². The molecule has 12 heteroatoms. The Balaban J connectivity index is 1.50. The molecule has 0 radical (unpaired) electrons. The Hall–Kier alpha value is -1.88. The maximum absolute atomic E-state index is 12.9. The molecule has 0 aliphatic carbocycles. The lowest BCUT2D eigenvalue weighted by Crippen LogP contribution is -2.29. The number of nitrogens with zero attached hydrogens (tertiary/aromatic N) is 4. The van der Waals surface area contributed by atoms with Gasteiger partial charge < -0.3 is 5.32 Å². The summed E-state index contributed by atoms with van der Waals surface area (Å²) in [6, 6.07) is 13.7. The topological polar surface area (TPSA) is 79.6 Å². The molecule has 0 atom stereocenters. The zero-order valence-electron chi connectivity index (χ0n) is 17.8. The number of rotatable bonds is 8. The van der Waals surface area contributed by atoms with Crippen molar-refractivity contribution >= 4 is 72.2 Å². The number of anilines is 1. The smallest absolute Gasteiger partial charge is 0.244 e. The van der Waals surface area contributed by atoms with Gasteiger partial charge in [-0.2, -0.15) is 9.61 Å². The van der Waals surface area contributed by atoms with Gasteiger partial charge in [-0.3, -0.25) is 0 Å². The van der Waals surface area contributed by atoms with Crippen molar-refractivity contribution in [2.24, 2.45) is 0 Å². The van der Waals surface area contributed by atoms with Crippen molar-refractivity contribution in [2.45, 2.75) is 11.3 Å². The number of hydrogen-bond acceptors (Lipinski definition) is 5. The zero-order valence-corrected chi connectivity index (χ0v) is 22.5. The van der Waals surface area contributed by atoms with E-state index in [9.17, 15) is 8.42 Å². The van der Waals surface area contributed by atoms with Crippen LogP contribution in [0, 0.1) is 0 Å². The lowest BCUT2D eigenvalue weighted by molar-refractivity contribution is 0.465. The van der Waals surface area contributed by atoms with E-state index in [0.717, 1.165) is 10.0 Å². The first-order valence-corrected chi connectivity index (χ1v) is 13.5. The van der Waals surface area contributed by atoms with Gasteiger partial charge in [0.15, 0.2) is 5.65 Å². The molecule has 2 aromatic carbocycles. The fourth-order valence-corrected chi connectivity index (χ4v) is 5.87. The average Bonchev–Trinajstić information content (AvgIpc) is 3.19. The summed E-state index contributed by atoms with van der Waals surface area (Å²) in [5, 5.41) is 8.71. The van der Waals surface area contributed by atoms with Gasteiger partial charge in [-0.05, 0) is 46.6 Å². The molecule has 0 saturated carbocycles. The van der Waals surface area contributed by atoms with Crippen molar-refractivity contribution < 1.29 is 8.42 Å². The minimum Gasteiger partial charge on any atom is -0.370 e. The summed E-state index contributed by atoms with van der Waals surface area (Å²) in [7, 11) is -2.26. The molecule has 0 fully saturated rings. The van der Waals surface area contributed by atoms with E-state index in [1.807, 2.05) is 30.3 Å². The molecule has 0 spiro atoms. The Morgan fingerprint density at radius 1 is 1.09 bits per heavy atom. The van der Waals surface area contributed by atoms with Crippen LogP contribution in [0.25, 0.3) is 16.9 Å². The second-order valence-electron chi connectivity index (χ2n) is 7.42. The number of benzene rings is 2. The molecule has 0 unspecified atom stereocenters. The van der Waals surface area contributed by atoms with Gasteiger partial charge in [0.1, 0.15) is 10.7 Å². The highest BCUT2D eigenvalue weighted by Gasteiger charge is 2.23. The van der Waals surface area contributed by atoms with Crippen LogP contribution in [0.3, 0.4) is 0 Å². The first-order chi connectivity index (χ1) is 16.2. The van der Waals surface area contributed by atoms with Crippen molar-refractivity contribution in [3.05, 3.63) is 74.3 Å². The van der Waals surface area contributed by atoms with Gasteiger partial charge in [0.05, 0.1) is 21.4 Å². The molecule has 0 saturated heterocycles. The quantitative estimate of drug-likeness (QED) is 0.241. The second kappa shape index (κ2) is 10.4. The van der Waals surface area contributed by atoms with Gasteiger partial charge in [-0.25, -0.2) is 17.7 Å². The van der Waals surface area contributed by atoms with Crippen LogP contribution in [-0.2, 0) is 10.0 Å². The molecule has 0 bridgehead atoms. The maximum Gasteiger partial charge on any atom is 0.244 e. The molecule has 7 nitrogen and oxygen atoms in total. The third-order valence-corrected chi connectivity index (χ3v) is 8.58. The molecule has 34 heavy (non-hydrogen) atoms. The van der Waals surface area contributed by atoms with E-state index >= 15 is 0 Å². The average molecular weight is 604 g/mol. The molecule has 1 N–H and O–H groups in total. The number of nitrogens with one attached hydrogen (secondary N) is 1. The van der Waals surface area contributed by atoms with Gasteiger partial charge >= 0.3 is 0 Å². The highest BCUT2D eigenvalue weighted by atomic mass is 79.9. The Labute approximate surface area is 220 Å². The predicted octanol–water partition coefficient (Wildman–Crippen LogP) is 6.24. The van der Waals surface area contributed by atoms with E-state index in [2.05, 4.69) is 31.3 Å². The van der Waals surface area contributed by atoms with E-state index in [1.165, 1.54) is 23.5 Å². The van der Waals surface area contributed by atoms with Gasteiger partial charge in [0.25, 0.3) is 0 Å². The van der Waals surface area contributed by atoms with Gasteiger partial charge in [-0.1, -0.05) is 53.0 Å². The van der Waals surface area contributed by atoms with Crippen LogP contribution in [0.5, 0.6) is 0 Å². The van der Waals surface area contributed by atoms with Crippen LogP contribution in [0.4, 0.5) is 5.82 Å². The standard InChI is InChI=1S/C22H19BrCl3N5O2S/c1-30(34(32,33)20-11-14(24)7-8-18(20)26)10-4-9-27-21-12-19(15-5-2-3-6-17(15)25)29-22-16(23)13-28-31(21)22/h2-3,5-8,11-13,27H,4,9-10H2,1H3. The molecule has 0 aliphatic rings. The summed E-state index contributed by atoms with van der Waals surface area (Å²) in [4.78, 5) is 4.67. The number of fused-ring (bicyclic) bond motifs is 1. The summed E-state index contributed by atoms with van der Waals surface area (Å²) in [6.45, 7) is 0.758. The lowest BCUT2D eigenvalue weighted by Gasteiger charge is -2.18. The minimum atomic E-state index is -3.78. The number of halogens is 4. The molecule has 2 aromatic heterocycles. The summed E-state index contributed by atoms with van der Waals surface area (Å²) < 4.78 is 29.5. The summed E-state index contributed by atoms with van der Waals surface area (Å²) >= 11 is 21.9. The highest BCUT2D eigenvalue weighted by Crippen LogP contribution is 2.30. The molecule has 4 rings (SSSR count). The van der Waals surface area contributed by atoms with Crippen LogP contribution in [-0.4, -0.2) is 47.5 Å². The third-order valence-electron chi connectivity index (χ3n) is 5.12. The Morgan fingerprint density at radius 2 is 1.85 bits per heavy atom. The van der Waals surface area contributed by atoms with Crippen LogP contribution in [0.2, 0.25) is 15.1 Å². The number of aromatic nitrogens is 3. The fraction of sp³-hybridized carbons (Fsp3) is 0.182. The monoisotopic (exact) mass is 601 g/mol. The molecule has 0 amide bonds. The van der Waals surface area contributed by atoms with Crippen LogP contribution < -0.4 is 5.32 Å². The maximum atomic E-state index is 12.9. The van der Waals surface area contributed by atoms with Crippen LogP contribution in [0.15, 0.2) is 64.1 Å². The van der Waals surface area contributed by atoms with Crippen molar-refractivity contribution in [1.29, 1.82) is 0 Å². The largest absolute Gasteiger partial charge is 0.370 e. The number of hydrogen-bond donors (Lipinski definition) is 1. The molecule has 2 heterocycles. The molecular formula is C22H19BrCl3N5O2S. The Bertz CT molecular complexity index is 1460. The molecule has 4 aromatic rings. The normalized spacial score (nSPS) is 11.9. The second-order valence-corrected chi connectivity index (χ2v) is 11.5. The fourth-order valence-electron chi connectivity index (χ4n) is 3.35. The Morgan fingerprint density at radius 3 is 2.62 bits per heavy atom. The molecule has 178 valence electrons. The first-order valence-electron chi connectivity index (χ1n) is 10.1. The summed E-state index contributed by atoms with van der Waals surface area (Å²) in [6.07, 6.45) is 2.20. The van der Waals surface area contributed by atoms with Crippen LogP contribution in [0.1, 0.15) is 6.42 Å². The number of sulfonamides is 1. The van der Waals surface area contributed by atoms with E-state index in [4.69, 9.17) is 34.8 Å². The minimum absolute atomic E-state index is 0.0151. The predicted molar refractivity (Wildman–Crippen MR) is 141 cm³/mol.